The Morgan fingerprint density at radius 3 is 2.24 bits per heavy atom. The minimum Gasteiger partial charge on any atom is -0.508 e. The highest BCUT2D eigenvalue weighted by Gasteiger charge is 2.15. The fourth-order valence-corrected chi connectivity index (χ4v) is 2.56. The number of amides is 3. The van der Waals surface area contributed by atoms with E-state index in [0.717, 1.165) is 0 Å². The van der Waals surface area contributed by atoms with Crippen molar-refractivity contribution < 1.29 is 19.5 Å². The van der Waals surface area contributed by atoms with Crippen molar-refractivity contribution in [1.29, 1.82) is 0 Å². The number of carbonyl (C=O) groups is 3. The normalized spacial score (nSPS) is 10.1. The first kappa shape index (κ1) is 19.6. The van der Waals surface area contributed by atoms with Crippen LogP contribution in [-0.2, 0) is 0 Å². The standard InChI is InChI=1S/C21H18N4O4/c1-22-21(29)17-11-16(26)8-9-18(17)25-19(27)13-4-6-15(7-5-13)24-20(28)14-3-2-10-23-12-14/h2-12,26H,1H3,(H,22,29)(H,24,28)(H,25,27). The van der Waals surface area contributed by atoms with Gasteiger partial charge in [-0.2, -0.15) is 0 Å². The molecule has 146 valence electrons. The molecule has 0 bridgehead atoms. The molecule has 4 N–H and O–H groups in total. The van der Waals surface area contributed by atoms with Crippen molar-refractivity contribution in [3.8, 4) is 5.75 Å². The minimum absolute atomic E-state index is 0.0877. The van der Waals surface area contributed by atoms with Gasteiger partial charge >= 0.3 is 0 Å². The number of carbonyl (C=O) groups excluding carboxylic acids is 3. The summed E-state index contributed by atoms with van der Waals surface area (Å²) >= 11 is 0. The second kappa shape index (κ2) is 8.66. The van der Waals surface area contributed by atoms with Crippen LogP contribution in [0.15, 0.2) is 67.0 Å². The maximum absolute atomic E-state index is 12.5. The molecule has 8 nitrogen and oxygen atoms in total. The lowest BCUT2D eigenvalue weighted by molar-refractivity contribution is 0.0962. The lowest BCUT2D eigenvalue weighted by atomic mass is 10.1. The molecule has 0 aliphatic rings. The molecule has 8 heteroatoms. The van der Waals surface area contributed by atoms with Gasteiger partial charge in [0.25, 0.3) is 17.7 Å². The number of hydrogen-bond donors (Lipinski definition) is 4. The molecule has 3 aromatic rings. The van der Waals surface area contributed by atoms with E-state index in [4.69, 9.17) is 0 Å². The number of pyridine rings is 1. The van der Waals surface area contributed by atoms with Crippen LogP contribution in [0.2, 0.25) is 0 Å². The summed E-state index contributed by atoms with van der Waals surface area (Å²) in [6, 6.07) is 13.7. The summed E-state index contributed by atoms with van der Waals surface area (Å²) in [4.78, 5) is 40.5. The predicted octanol–water partition coefficient (Wildman–Crippen LogP) is 2.65. The summed E-state index contributed by atoms with van der Waals surface area (Å²) in [5.74, 6) is -1.28. The molecule has 3 amide bonds. The van der Waals surface area contributed by atoms with Crippen LogP contribution in [0.3, 0.4) is 0 Å². The van der Waals surface area contributed by atoms with Gasteiger partial charge in [-0.05, 0) is 54.6 Å². The molecule has 0 radical (unpaired) electrons. The number of aromatic hydroxyl groups is 1. The molecule has 0 saturated heterocycles. The van der Waals surface area contributed by atoms with E-state index in [1.807, 2.05) is 0 Å². The van der Waals surface area contributed by atoms with Crippen molar-refractivity contribution in [3.63, 3.8) is 0 Å². The van der Waals surface area contributed by atoms with Gasteiger partial charge in [0.15, 0.2) is 0 Å². The lowest BCUT2D eigenvalue weighted by Gasteiger charge is -2.11. The number of benzene rings is 2. The Labute approximate surface area is 166 Å². The Morgan fingerprint density at radius 2 is 1.59 bits per heavy atom. The number of anilines is 2. The Kier molecular flexibility index (Phi) is 5.84. The molecule has 0 unspecified atom stereocenters. The second-order valence-electron chi connectivity index (χ2n) is 6.04. The number of nitrogens with one attached hydrogen (secondary N) is 3. The van der Waals surface area contributed by atoms with E-state index in [0.29, 0.717) is 16.8 Å². The summed E-state index contributed by atoms with van der Waals surface area (Å²) in [7, 11) is 1.45. The third kappa shape index (κ3) is 4.75. The third-order valence-electron chi connectivity index (χ3n) is 4.05. The number of rotatable bonds is 5. The van der Waals surface area contributed by atoms with Crippen LogP contribution in [0.5, 0.6) is 5.75 Å². The van der Waals surface area contributed by atoms with Gasteiger partial charge in [-0.25, -0.2) is 0 Å². The molecule has 0 atom stereocenters. The molecule has 3 rings (SSSR count). The van der Waals surface area contributed by atoms with Crippen molar-refractivity contribution in [2.24, 2.45) is 0 Å². The molecule has 0 fully saturated rings. The zero-order valence-corrected chi connectivity index (χ0v) is 15.5. The van der Waals surface area contributed by atoms with Crippen LogP contribution >= 0.6 is 0 Å². The van der Waals surface area contributed by atoms with Crippen LogP contribution in [0.25, 0.3) is 0 Å². The summed E-state index contributed by atoms with van der Waals surface area (Å²) in [5.41, 5.74) is 1.68. The molecular weight excluding hydrogens is 372 g/mol. The Balaban J connectivity index is 1.71. The van der Waals surface area contributed by atoms with E-state index in [9.17, 15) is 19.5 Å². The van der Waals surface area contributed by atoms with Gasteiger partial charge in [0.1, 0.15) is 5.75 Å². The van der Waals surface area contributed by atoms with E-state index in [1.165, 1.54) is 31.4 Å². The smallest absolute Gasteiger partial charge is 0.257 e. The van der Waals surface area contributed by atoms with Crippen LogP contribution < -0.4 is 16.0 Å². The Morgan fingerprint density at radius 1 is 0.862 bits per heavy atom. The van der Waals surface area contributed by atoms with Crippen molar-refractivity contribution in [3.05, 3.63) is 83.7 Å². The molecule has 1 aromatic heterocycles. The lowest BCUT2D eigenvalue weighted by Crippen LogP contribution is -2.21. The first-order valence-corrected chi connectivity index (χ1v) is 8.66. The van der Waals surface area contributed by atoms with Crippen LogP contribution in [-0.4, -0.2) is 34.9 Å². The number of hydrogen-bond acceptors (Lipinski definition) is 5. The maximum Gasteiger partial charge on any atom is 0.257 e. The van der Waals surface area contributed by atoms with Crippen LogP contribution in [0.4, 0.5) is 11.4 Å². The SMILES string of the molecule is CNC(=O)c1cc(O)ccc1NC(=O)c1ccc(NC(=O)c2cccnc2)cc1. The molecule has 29 heavy (non-hydrogen) atoms. The van der Waals surface area contributed by atoms with Gasteiger partial charge < -0.3 is 21.1 Å². The van der Waals surface area contributed by atoms with Gasteiger partial charge in [-0.1, -0.05) is 0 Å². The van der Waals surface area contributed by atoms with Gasteiger partial charge in [0.05, 0.1) is 16.8 Å². The molecule has 0 spiro atoms. The minimum atomic E-state index is -0.440. The highest BCUT2D eigenvalue weighted by atomic mass is 16.3. The molecule has 0 aliphatic carbocycles. The van der Waals surface area contributed by atoms with E-state index < -0.39 is 11.8 Å². The molecule has 0 aliphatic heterocycles. The maximum atomic E-state index is 12.5. The first-order chi connectivity index (χ1) is 14.0. The number of aromatic nitrogens is 1. The fourth-order valence-electron chi connectivity index (χ4n) is 2.56. The third-order valence-corrected chi connectivity index (χ3v) is 4.05. The van der Waals surface area contributed by atoms with E-state index in [2.05, 4.69) is 20.9 Å². The Bertz CT molecular complexity index is 1050. The second-order valence-corrected chi connectivity index (χ2v) is 6.04. The number of phenols is 1. The zero-order valence-electron chi connectivity index (χ0n) is 15.5. The number of phenolic OH excluding ortho intramolecular Hbond substituents is 1. The summed E-state index contributed by atoms with van der Waals surface area (Å²) < 4.78 is 0. The van der Waals surface area contributed by atoms with Crippen molar-refractivity contribution in [1.82, 2.24) is 10.3 Å². The monoisotopic (exact) mass is 390 g/mol. The first-order valence-electron chi connectivity index (χ1n) is 8.66. The van der Waals surface area contributed by atoms with Crippen molar-refractivity contribution >= 4 is 29.1 Å². The van der Waals surface area contributed by atoms with Crippen LogP contribution in [0, 0.1) is 0 Å². The highest BCUT2D eigenvalue weighted by molar-refractivity contribution is 6.09. The summed E-state index contributed by atoms with van der Waals surface area (Å²) in [6.07, 6.45) is 3.03. The van der Waals surface area contributed by atoms with Gasteiger partial charge in [-0.3, -0.25) is 19.4 Å². The topological polar surface area (TPSA) is 120 Å². The molecular formula is C21H18N4O4. The fraction of sp³-hybridized carbons (Fsp3) is 0.0476. The van der Waals surface area contributed by atoms with Gasteiger partial charge in [0, 0.05) is 30.7 Å². The molecule has 2 aromatic carbocycles. The summed E-state index contributed by atoms with van der Waals surface area (Å²) in [6.45, 7) is 0. The van der Waals surface area contributed by atoms with Crippen molar-refractivity contribution in [2.75, 3.05) is 17.7 Å². The quantitative estimate of drug-likeness (QED) is 0.499. The highest BCUT2D eigenvalue weighted by Crippen LogP contribution is 2.22. The van der Waals surface area contributed by atoms with Gasteiger partial charge in [0.2, 0.25) is 0 Å². The average Bonchev–Trinajstić information content (AvgIpc) is 2.75. The van der Waals surface area contributed by atoms with Crippen molar-refractivity contribution in [2.45, 2.75) is 0 Å². The van der Waals surface area contributed by atoms with Gasteiger partial charge in [-0.15, -0.1) is 0 Å². The van der Waals surface area contributed by atoms with E-state index in [1.54, 1.807) is 42.6 Å². The van der Waals surface area contributed by atoms with E-state index in [-0.39, 0.29) is 22.9 Å². The van der Waals surface area contributed by atoms with Crippen LogP contribution in [0.1, 0.15) is 31.1 Å². The van der Waals surface area contributed by atoms with E-state index >= 15 is 0 Å². The zero-order chi connectivity index (χ0) is 20.8. The molecule has 1 heterocycles. The summed E-state index contributed by atoms with van der Waals surface area (Å²) in [5, 5.41) is 17.4. The number of nitrogens with zero attached hydrogens (tertiary/aromatic N) is 1. The Hall–Kier alpha value is -4.20. The largest absolute Gasteiger partial charge is 0.508 e. The predicted molar refractivity (Wildman–Crippen MR) is 108 cm³/mol. The molecule has 0 saturated carbocycles. The average molecular weight is 390 g/mol.